The number of alkyl halides is 6. The van der Waals surface area contributed by atoms with E-state index in [1.807, 2.05) is 39.0 Å². The van der Waals surface area contributed by atoms with E-state index >= 15 is 26.3 Å². The fourth-order valence-corrected chi connectivity index (χ4v) is 13.5. The van der Waals surface area contributed by atoms with Crippen molar-refractivity contribution >= 4 is 46.4 Å². The second-order valence-electron chi connectivity index (χ2n) is 10.5. The van der Waals surface area contributed by atoms with Gasteiger partial charge in [0.25, 0.3) is 0 Å². The molecule has 0 saturated carbocycles. The van der Waals surface area contributed by atoms with E-state index in [2.05, 4.69) is 0 Å². The van der Waals surface area contributed by atoms with Crippen molar-refractivity contribution in [3.05, 3.63) is 88.8 Å². The summed E-state index contributed by atoms with van der Waals surface area (Å²) in [5.74, 6) is -15.7. The second kappa shape index (κ2) is 10.6. The van der Waals surface area contributed by atoms with Gasteiger partial charge in [0, 0.05) is 25.8 Å². The zero-order chi connectivity index (χ0) is 29.8. The quantitative estimate of drug-likeness (QED) is 0.136. The van der Waals surface area contributed by atoms with Crippen molar-refractivity contribution in [3.8, 4) is 20.9 Å². The van der Waals surface area contributed by atoms with E-state index in [4.69, 9.17) is 0 Å². The third kappa shape index (κ3) is 4.46. The van der Waals surface area contributed by atoms with Crippen LogP contribution in [0.5, 0.6) is 0 Å². The molecule has 0 fully saturated rings. The molecule has 0 atom stereocenters. The highest BCUT2D eigenvalue weighted by Gasteiger charge is 2.80. The molecule has 0 N–H and O–H groups in total. The highest BCUT2D eigenvalue weighted by molar-refractivity contribution is 7.29. The summed E-state index contributed by atoms with van der Waals surface area (Å²) >= 11 is 2.42. The first kappa shape index (κ1) is 29.9. The van der Waals surface area contributed by atoms with Crippen LogP contribution in [-0.2, 0) is 0 Å². The van der Waals surface area contributed by atoms with Crippen LogP contribution in [-0.4, -0.2) is 25.8 Å². The Balaban J connectivity index is 1.88. The topological polar surface area (TPSA) is 0 Å². The molecule has 0 unspecified atom stereocenters. The standard InChI is InChI=1S/C32H30F6S2Si/c1-5-41(6-2,7-3)29-24(19-26(40-29)22-16-12-9-13-17-22)28-27(30(33,34)32(37,38)31(28,35)36)23-18-25(39-20(23)4)21-14-10-8-11-15-21/h8-19H,5-7H2,1-4H3. The largest absolute Gasteiger partial charge is 0.380 e. The number of halogens is 6. The molecule has 0 aliphatic heterocycles. The predicted octanol–water partition coefficient (Wildman–Crippen LogP) is 11.0. The van der Waals surface area contributed by atoms with Gasteiger partial charge in [-0.3, -0.25) is 0 Å². The van der Waals surface area contributed by atoms with Gasteiger partial charge < -0.3 is 0 Å². The lowest BCUT2D eigenvalue weighted by Gasteiger charge is -2.30. The van der Waals surface area contributed by atoms with Crippen molar-refractivity contribution in [2.24, 2.45) is 0 Å². The van der Waals surface area contributed by atoms with Crippen LogP contribution in [0.4, 0.5) is 26.3 Å². The molecule has 2 heterocycles. The Bertz CT molecular complexity index is 1570. The number of rotatable bonds is 8. The molecule has 0 bridgehead atoms. The molecule has 0 spiro atoms. The van der Waals surface area contributed by atoms with Gasteiger partial charge in [0.05, 0.1) is 8.07 Å². The maximum absolute atomic E-state index is 16.0. The number of thiophene rings is 2. The number of aryl methyl sites for hydroxylation is 1. The fourth-order valence-electron chi connectivity index (χ4n) is 5.85. The van der Waals surface area contributed by atoms with E-state index in [1.165, 1.54) is 30.4 Å². The first-order chi connectivity index (χ1) is 19.4. The number of hydrogen-bond acceptors (Lipinski definition) is 2. The van der Waals surface area contributed by atoms with Gasteiger partial charge in [-0.25, -0.2) is 0 Å². The molecule has 0 saturated heterocycles. The lowest BCUT2D eigenvalue weighted by molar-refractivity contribution is -0.254. The van der Waals surface area contributed by atoms with Gasteiger partial charge in [0.2, 0.25) is 0 Å². The van der Waals surface area contributed by atoms with Crippen LogP contribution in [0.1, 0.15) is 36.8 Å². The van der Waals surface area contributed by atoms with E-state index in [1.54, 1.807) is 42.5 Å². The Kier molecular flexibility index (Phi) is 7.70. The minimum Gasteiger partial charge on any atom is -0.194 e. The third-order valence-corrected chi connectivity index (χ3v) is 17.5. The summed E-state index contributed by atoms with van der Waals surface area (Å²) < 4.78 is 94.9. The molecule has 5 rings (SSSR count). The average Bonchev–Trinajstić information content (AvgIpc) is 3.60. The molecule has 1 aliphatic rings. The van der Waals surface area contributed by atoms with Crippen LogP contribution < -0.4 is 4.50 Å². The molecule has 1 aliphatic carbocycles. The van der Waals surface area contributed by atoms with Gasteiger partial charge in [0.1, 0.15) is 0 Å². The zero-order valence-electron chi connectivity index (χ0n) is 23.1. The Morgan fingerprint density at radius 1 is 0.610 bits per heavy atom. The van der Waals surface area contributed by atoms with Gasteiger partial charge >= 0.3 is 17.8 Å². The van der Waals surface area contributed by atoms with Gasteiger partial charge in [-0.1, -0.05) is 99.6 Å². The molecule has 41 heavy (non-hydrogen) atoms. The number of benzene rings is 2. The monoisotopic (exact) mass is 620 g/mol. The maximum atomic E-state index is 16.0. The molecule has 216 valence electrons. The number of hydrogen-bond donors (Lipinski definition) is 0. The average molecular weight is 621 g/mol. The Morgan fingerprint density at radius 3 is 1.49 bits per heavy atom. The highest BCUT2D eigenvalue weighted by Crippen LogP contribution is 2.65. The smallest absolute Gasteiger partial charge is 0.194 e. The molecule has 9 heteroatoms. The van der Waals surface area contributed by atoms with Crippen molar-refractivity contribution in [1.82, 2.24) is 0 Å². The number of allylic oxidation sites excluding steroid dienone is 2. The van der Waals surface area contributed by atoms with E-state index in [-0.39, 0.29) is 16.0 Å². The summed E-state index contributed by atoms with van der Waals surface area (Å²) in [6.07, 6.45) is 0. The molecular formula is C32H30F6S2Si. The lowest BCUT2D eigenvalue weighted by atomic mass is 9.95. The first-order valence-corrected chi connectivity index (χ1v) is 17.9. The van der Waals surface area contributed by atoms with Gasteiger partial charge in [0.15, 0.2) is 0 Å². The summed E-state index contributed by atoms with van der Waals surface area (Å²) in [5.41, 5.74) is -1.44. The summed E-state index contributed by atoms with van der Waals surface area (Å²) in [6.45, 7) is 7.46. The molecule has 2 aromatic carbocycles. The summed E-state index contributed by atoms with van der Waals surface area (Å²) in [5, 5.41) is 0. The van der Waals surface area contributed by atoms with E-state index in [0.717, 1.165) is 16.9 Å². The van der Waals surface area contributed by atoms with Crippen LogP contribution in [0.3, 0.4) is 0 Å². The molecule has 0 radical (unpaired) electrons. The van der Waals surface area contributed by atoms with E-state index in [9.17, 15) is 0 Å². The van der Waals surface area contributed by atoms with Gasteiger partial charge in [-0.2, -0.15) is 26.3 Å². The lowest BCUT2D eigenvalue weighted by Crippen LogP contribution is -2.50. The van der Waals surface area contributed by atoms with Crippen LogP contribution in [0.15, 0.2) is 72.8 Å². The van der Waals surface area contributed by atoms with Crippen molar-refractivity contribution in [3.63, 3.8) is 0 Å². The van der Waals surface area contributed by atoms with Crippen LogP contribution in [0.25, 0.3) is 32.0 Å². The van der Waals surface area contributed by atoms with Crippen molar-refractivity contribution in [1.29, 1.82) is 0 Å². The van der Waals surface area contributed by atoms with Crippen molar-refractivity contribution < 1.29 is 26.3 Å². The fraction of sp³-hybridized carbons (Fsp3) is 0.312. The Morgan fingerprint density at radius 2 is 1.02 bits per heavy atom. The highest BCUT2D eigenvalue weighted by atomic mass is 32.1. The summed E-state index contributed by atoms with van der Waals surface area (Å²) in [7, 11) is -2.50. The summed E-state index contributed by atoms with van der Waals surface area (Å²) in [6, 6.07) is 22.8. The molecule has 0 nitrogen and oxygen atoms in total. The molecule has 0 amide bonds. The molecule has 2 aromatic heterocycles. The third-order valence-electron chi connectivity index (χ3n) is 8.48. The summed E-state index contributed by atoms with van der Waals surface area (Å²) in [4.78, 5) is 1.44. The van der Waals surface area contributed by atoms with Gasteiger partial charge in [-0.15, -0.1) is 22.7 Å². The van der Waals surface area contributed by atoms with E-state index < -0.39 is 37.0 Å². The Labute approximate surface area is 245 Å². The van der Waals surface area contributed by atoms with Crippen LogP contribution >= 0.6 is 22.7 Å². The SMILES string of the molecule is CC[Si](CC)(CC)c1sc(-c2ccccc2)cc1C1=C(c2cc(-c3ccccc3)sc2C)C(F)(F)C(F)(F)C1(F)F. The van der Waals surface area contributed by atoms with E-state index in [0.29, 0.717) is 38.0 Å². The molecular weight excluding hydrogens is 591 g/mol. The minimum absolute atomic E-state index is 0.144. The minimum atomic E-state index is -5.59. The second-order valence-corrected chi connectivity index (χ2v) is 18.3. The normalized spacial score (nSPS) is 17.8. The molecule has 4 aromatic rings. The Hall–Kier alpha value is -2.62. The van der Waals surface area contributed by atoms with Crippen LogP contribution in [0, 0.1) is 6.92 Å². The first-order valence-electron chi connectivity index (χ1n) is 13.6. The van der Waals surface area contributed by atoms with Crippen molar-refractivity contribution in [2.45, 2.75) is 63.6 Å². The van der Waals surface area contributed by atoms with Crippen LogP contribution in [0.2, 0.25) is 18.1 Å². The zero-order valence-corrected chi connectivity index (χ0v) is 25.8. The van der Waals surface area contributed by atoms with Crippen molar-refractivity contribution in [2.75, 3.05) is 0 Å². The maximum Gasteiger partial charge on any atom is 0.380 e. The van der Waals surface area contributed by atoms with Gasteiger partial charge in [-0.05, 0) is 45.8 Å². The predicted molar refractivity (Wildman–Crippen MR) is 163 cm³/mol.